The third-order valence-corrected chi connectivity index (χ3v) is 3.84. The van der Waals surface area contributed by atoms with Gasteiger partial charge in [-0.15, -0.1) is 10.2 Å². The van der Waals surface area contributed by atoms with E-state index in [2.05, 4.69) is 15.2 Å². The molecule has 0 radical (unpaired) electrons. The highest BCUT2D eigenvalue weighted by molar-refractivity contribution is 5.80. The number of aryl methyl sites for hydroxylation is 2. The lowest BCUT2D eigenvalue weighted by Gasteiger charge is -2.07. The summed E-state index contributed by atoms with van der Waals surface area (Å²) in [5.74, 6) is 0.479. The predicted molar refractivity (Wildman–Crippen MR) is 83.2 cm³/mol. The van der Waals surface area contributed by atoms with Gasteiger partial charge in [0.2, 0.25) is 0 Å². The monoisotopic (exact) mass is 292 g/mol. The molecule has 0 aliphatic heterocycles. The first-order valence-corrected chi connectivity index (χ1v) is 7.02. The van der Waals surface area contributed by atoms with Gasteiger partial charge in [-0.3, -0.25) is 4.40 Å². The third-order valence-electron chi connectivity index (χ3n) is 3.84. The van der Waals surface area contributed by atoms with Crippen molar-refractivity contribution >= 4 is 16.7 Å². The van der Waals surface area contributed by atoms with Crippen LogP contribution < -0.4 is 0 Å². The normalized spacial score (nSPS) is 11.4. The molecule has 0 fully saturated rings. The molecule has 5 heteroatoms. The predicted octanol–water partition coefficient (Wildman–Crippen LogP) is 3.70. The summed E-state index contributed by atoms with van der Waals surface area (Å²) in [6.07, 6.45) is 0. The Balaban J connectivity index is 2.18. The van der Waals surface area contributed by atoms with Gasteiger partial charge in [0.05, 0.1) is 11.2 Å². The van der Waals surface area contributed by atoms with Gasteiger partial charge in [0.1, 0.15) is 17.2 Å². The van der Waals surface area contributed by atoms with Gasteiger partial charge in [-0.2, -0.15) is 0 Å². The van der Waals surface area contributed by atoms with Crippen LogP contribution >= 0.6 is 0 Å². The summed E-state index contributed by atoms with van der Waals surface area (Å²) in [5, 5.41) is 8.32. The lowest BCUT2D eigenvalue weighted by Crippen LogP contribution is -1.98. The Morgan fingerprint density at radius 1 is 1.00 bits per heavy atom. The number of hydrogen-bond donors (Lipinski definition) is 0. The molecular weight excluding hydrogens is 279 g/mol. The molecule has 2 aromatic heterocycles. The molecule has 2 heterocycles. The number of halogens is 1. The van der Waals surface area contributed by atoms with Crippen molar-refractivity contribution in [1.29, 1.82) is 0 Å². The Hall–Kier alpha value is -2.82. The van der Waals surface area contributed by atoms with E-state index in [0.29, 0.717) is 11.2 Å². The summed E-state index contributed by atoms with van der Waals surface area (Å²) in [7, 11) is 0. The fourth-order valence-electron chi connectivity index (χ4n) is 2.74. The molecule has 22 heavy (non-hydrogen) atoms. The Morgan fingerprint density at radius 2 is 1.82 bits per heavy atom. The van der Waals surface area contributed by atoms with E-state index < -0.39 is 0 Å². The number of hydrogen-bond acceptors (Lipinski definition) is 3. The van der Waals surface area contributed by atoms with E-state index in [4.69, 9.17) is 0 Å². The van der Waals surface area contributed by atoms with Gasteiger partial charge in [-0.25, -0.2) is 9.37 Å². The van der Waals surface area contributed by atoms with E-state index in [1.165, 1.54) is 12.1 Å². The number of rotatable bonds is 1. The average molecular weight is 292 g/mol. The lowest BCUT2D eigenvalue weighted by molar-refractivity contribution is 0.629. The molecule has 0 spiro atoms. The molecule has 0 N–H and O–H groups in total. The van der Waals surface area contributed by atoms with Crippen molar-refractivity contribution in [3.63, 3.8) is 0 Å². The van der Waals surface area contributed by atoms with Crippen LogP contribution in [0.5, 0.6) is 0 Å². The van der Waals surface area contributed by atoms with E-state index >= 15 is 0 Å². The van der Waals surface area contributed by atoms with Crippen molar-refractivity contribution in [1.82, 2.24) is 19.6 Å². The summed E-state index contributed by atoms with van der Waals surface area (Å²) in [4.78, 5) is 4.66. The molecule has 2 aromatic carbocycles. The molecule has 4 rings (SSSR count). The molecule has 0 saturated carbocycles. The number of aromatic nitrogens is 4. The highest BCUT2D eigenvalue weighted by Gasteiger charge is 2.16. The zero-order valence-corrected chi connectivity index (χ0v) is 12.2. The molecule has 4 nitrogen and oxygen atoms in total. The van der Waals surface area contributed by atoms with Crippen molar-refractivity contribution < 1.29 is 4.39 Å². The van der Waals surface area contributed by atoms with Gasteiger partial charge in [-0.1, -0.05) is 24.3 Å². The first-order valence-electron chi connectivity index (χ1n) is 7.02. The molecular formula is C17H13FN4. The molecule has 0 aliphatic carbocycles. The fourth-order valence-corrected chi connectivity index (χ4v) is 2.74. The summed E-state index contributed by atoms with van der Waals surface area (Å²) in [6, 6.07) is 12.6. The summed E-state index contributed by atoms with van der Waals surface area (Å²) < 4.78 is 15.4. The average Bonchev–Trinajstić information content (AvgIpc) is 2.84. The Bertz CT molecular complexity index is 1020. The van der Waals surface area contributed by atoms with Crippen molar-refractivity contribution in [2.24, 2.45) is 0 Å². The first-order chi connectivity index (χ1) is 10.6. The van der Waals surface area contributed by atoms with Crippen molar-refractivity contribution in [2.75, 3.05) is 0 Å². The zero-order chi connectivity index (χ0) is 15.3. The molecule has 0 aliphatic rings. The standard InChI is InChI=1S/C17H13FN4/c1-10-5-3-4-6-13(10)17-19-11(2)16-21-20-14-9-12(18)7-8-15(14)22(16)17/h3-9H,1-2H3. The van der Waals surface area contributed by atoms with Gasteiger partial charge in [0, 0.05) is 11.6 Å². The molecule has 0 bridgehead atoms. The minimum atomic E-state index is -0.324. The van der Waals surface area contributed by atoms with E-state index in [9.17, 15) is 4.39 Å². The zero-order valence-electron chi connectivity index (χ0n) is 12.2. The second-order valence-corrected chi connectivity index (χ2v) is 5.33. The second kappa shape index (κ2) is 4.59. The Labute approximate surface area is 126 Å². The number of fused-ring (bicyclic) bond motifs is 3. The summed E-state index contributed by atoms with van der Waals surface area (Å²) >= 11 is 0. The van der Waals surface area contributed by atoms with Crippen molar-refractivity contribution in [2.45, 2.75) is 13.8 Å². The number of nitrogens with zero attached hydrogens (tertiary/aromatic N) is 4. The Kier molecular flexibility index (Phi) is 2.69. The van der Waals surface area contributed by atoms with Crippen LogP contribution in [-0.4, -0.2) is 19.6 Å². The topological polar surface area (TPSA) is 43.1 Å². The van der Waals surface area contributed by atoms with Crippen LogP contribution in [-0.2, 0) is 0 Å². The lowest BCUT2D eigenvalue weighted by atomic mass is 10.1. The maximum Gasteiger partial charge on any atom is 0.183 e. The maximum absolute atomic E-state index is 13.4. The molecule has 4 aromatic rings. The largest absolute Gasteiger partial charge is 0.273 e. The number of benzene rings is 2. The number of imidazole rings is 1. The van der Waals surface area contributed by atoms with Gasteiger partial charge in [0.15, 0.2) is 5.65 Å². The minimum Gasteiger partial charge on any atom is -0.273 e. The van der Waals surface area contributed by atoms with Crippen molar-refractivity contribution in [3.8, 4) is 11.4 Å². The van der Waals surface area contributed by atoms with Crippen LogP contribution in [0, 0.1) is 19.7 Å². The van der Waals surface area contributed by atoms with Gasteiger partial charge < -0.3 is 0 Å². The molecule has 0 amide bonds. The molecule has 0 saturated heterocycles. The molecule has 0 unspecified atom stereocenters. The highest BCUT2D eigenvalue weighted by atomic mass is 19.1. The van der Waals surface area contributed by atoms with Crippen LogP contribution in [0.4, 0.5) is 4.39 Å². The van der Waals surface area contributed by atoms with Crippen LogP contribution in [0.2, 0.25) is 0 Å². The molecule has 108 valence electrons. The van der Waals surface area contributed by atoms with Crippen LogP contribution in [0.25, 0.3) is 28.1 Å². The smallest absolute Gasteiger partial charge is 0.183 e. The van der Waals surface area contributed by atoms with E-state index in [1.54, 1.807) is 6.07 Å². The highest BCUT2D eigenvalue weighted by Crippen LogP contribution is 2.27. The van der Waals surface area contributed by atoms with E-state index in [0.717, 1.165) is 28.2 Å². The van der Waals surface area contributed by atoms with E-state index in [-0.39, 0.29) is 5.82 Å². The van der Waals surface area contributed by atoms with Crippen LogP contribution in [0.1, 0.15) is 11.3 Å². The summed E-state index contributed by atoms with van der Waals surface area (Å²) in [5.41, 5.74) is 4.96. The Morgan fingerprint density at radius 3 is 2.64 bits per heavy atom. The third kappa shape index (κ3) is 1.79. The SMILES string of the molecule is Cc1ccccc1-c1nc(C)c2nnc3cc(F)ccc3n12. The van der Waals surface area contributed by atoms with Crippen LogP contribution in [0.15, 0.2) is 42.5 Å². The fraction of sp³-hybridized carbons (Fsp3) is 0.118. The van der Waals surface area contributed by atoms with Crippen molar-refractivity contribution in [3.05, 3.63) is 59.5 Å². The first kappa shape index (κ1) is 12.9. The quantitative estimate of drug-likeness (QED) is 0.537. The molecule has 0 atom stereocenters. The maximum atomic E-state index is 13.4. The summed E-state index contributed by atoms with van der Waals surface area (Å²) in [6.45, 7) is 3.95. The minimum absolute atomic E-state index is 0.324. The van der Waals surface area contributed by atoms with Crippen LogP contribution in [0.3, 0.4) is 0 Å². The van der Waals surface area contributed by atoms with Gasteiger partial charge in [0.25, 0.3) is 0 Å². The van der Waals surface area contributed by atoms with Gasteiger partial charge in [-0.05, 0) is 31.5 Å². The van der Waals surface area contributed by atoms with E-state index in [1.807, 2.05) is 42.5 Å². The van der Waals surface area contributed by atoms with Gasteiger partial charge >= 0.3 is 0 Å². The second-order valence-electron chi connectivity index (χ2n) is 5.33.